The van der Waals surface area contributed by atoms with Crippen LogP contribution in [0.25, 0.3) is 17.0 Å². The molecule has 3 aromatic rings. The molecule has 3 rings (SSSR count). The van der Waals surface area contributed by atoms with E-state index in [1.807, 2.05) is 0 Å². The quantitative estimate of drug-likeness (QED) is 0.503. The molecule has 0 aliphatic carbocycles. The predicted molar refractivity (Wildman–Crippen MR) is 95.2 cm³/mol. The maximum absolute atomic E-state index is 13.5. The van der Waals surface area contributed by atoms with E-state index in [2.05, 4.69) is 15.3 Å². The van der Waals surface area contributed by atoms with Gasteiger partial charge in [0.15, 0.2) is 17.3 Å². The van der Waals surface area contributed by atoms with Crippen molar-refractivity contribution >= 4 is 29.1 Å². The molecule has 0 bridgehead atoms. The fourth-order valence-electron chi connectivity index (χ4n) is 2.31. The molecule has 0 N–H and O–H groups in total. The first-order valence-corrected chi connectivity index (χ1v) is 8.61. The molecule has 134 valence electrons. The second kappa shape index (κ2) is 7.20. The molecule has 1 atom stereocenters. The number of carbonyl (C=O) groups is 2. The lowest BCUT2D eigenvalue weighted by atomic mass is 10.2. The first-order chi connectivity index (χ1) is 12.4. The average Bonchev–Trinajstić information content (AvgIpc) is 3.02. The summed E-state index contributed by atoms with van der Waals surface area (Å²) in [6.07, 6.45) is 0. The van der Waals surface area contributed by atoms with Gasteiger partial charge in [0, 0.05) is 19.7 Å². The van der Waals surface area contributed by atoms with Crippen molar-refractivity contribution in [2.75, 3.05) is 14.1 Å². The van der Waals surface area contributed by atoms with Crippen molar-refractivity contribution in [2.24, 2.45) is 0 Å². The number of amides is 1. The molecule has 0 radical (unpaired) electrons. The van der Waals surface area contributed by atoms with Crippen molar-refractivity contribution in [3.8, 4) is 11.4 Å². The molecule has 26 heavy (non-hydrogen) atoms. The van der Waals surface area contributed by atoms with Gasteiger partial charge in [-0.1, -0.05) is 23.9 Å². The third-order valence-corrected chi connectivity index (χ3v) is 4.82. The Hall–Kier alpha value is -2.81. The molecular formula is C17H16FN5O2S. The minimum Gasteiger partial charge on any atom is -0.347 e. The van der Waals surface area contributed by atoms with Crippen LogP contribution in [0.4, 0.5) is 4.39 Å². The van der Waals surface area contributed by atoms with E-state index in [9.17, 15) is 14.0 Å². The van der Waals surface area contributed by atoms with E-state index < -0.39 is 11.1 Å². The molecule has 0 spiro atoms. The van der Waals surface area contributed by atoms with Gasteiger partial charge in [0.25, 0.3) is 0 Å². The van der Waals surface area contributed by atoms with Gasteiger partial charge >= 0.3 is 0 Å². The summed E-state index contributed by atoms with van der Waals surface area (Å²) in [5.41, 5.74) is 1.01. The zero-order chi connectivity index (χ0) is 18.8. The summed E-state index contributed by atoms with van der Waals surface area (Å²) in [5.74, 6) is -0.582. The Kier molecular flexibility index (Phi) is 4.99. The Morgan fingerprint density at radius 3 is 2.62 bits per heavy atom. The monoisotopic (exact) mass is 373 g/mol. The van der Waals surface area contributed by atoms with Crippen LogP contribution in [-0.2, 0) is 9.59 Å². The second-order valence-electron chi connectivity index (χ2n) is 5.82. The Bertz CT molecular complexity index is 988. The van der Waals surface area contributed by atoms with E-state index in [1.165, 1.54) is 28.5 Å². The van der Waals surface area contributed by atoms with E-state index >= 15 is 0 Å². The number of aromatic nitrogens is 4. The van der Waals surface area contributed by atoms with Gasteiger partial charge in [0.1, 0.15) is 16.1 Å². The van der Waals surface area contributed by atoms with Crippen LogP contribution in [0.1, 0.15) is 6.92 Å². The Balaban J connectivity index is 1.99. The van der Waals surface area contributed by atoms with E-state index in [0.717, 1.165) is 11.8 Å². The summed E-state index contributed by atoms with van der Waals surface area (Å²) in [6, 6.07) is 9.31. The molecule has 2 aromatic heterocycles. The van der Waals surface area contributed by atoms with Gasteiger partial charge in [0.2, 0.25) is 5.91 Å². The van der Waals surface area contributed by atoms with E-state index in [-0.39, 0.29) is 11.7 Å². The molecule has 1 aromatic carbocycles. The normalized spacial score (nSPS) is 12.2. The van der Waals surface area contributed by atoms with Crippen molar-refractivity contribution in [1.29, 1.82) is 0 Å². The third-order valence-electron chi connectivity index (χ3n) is 3.59. The standard InChI is InChI=1S/C17H16FN5O2S/c1-10(24)15(17(25)22(2)3)26-14-8-7-13-19-20-16(23(13)21-14)11-5-4-6-12(18)9-11/h4-9,15H,1-3H3. The number of nitrogens with zero attached hydrogens (tertiary/aromatic N) is 5. The third kappa shape index (κ3) is 3.57. The lowest BCUT2D eigenvalue weighted by Crippen LogP contribution is -2.36. The summed E-state index contributed by atoms with van der Waals surface area (Å²) < 4.78 is 15.0. The number of carbonyl (C=O) groups excluding carboxylic acids is 2. The summed E-state index contributed by atoms with van der Waals surface area (Å²) in [6.45, 7) is 1.37. The van der Waals surface area contributed by atoms with E-state index in [1.54, 1.807) is 38.4 Å². The highest BCUT2D eigenvalue weighted by atomic mass is 32.2. The first kappa shape index (κ1) is 18.0. The van der Waals surface area contributed by atoms with Crippen LogP contribution in [0.15, 0.2) is 41.4 Å². The van der Waals surface area contributed by atoms with Crippen molar-refractivity contribution in [2.45, 2.75) is 17.2 Å². The van der Waals surface area contributed by atoms with Crippen LogP contribution in [-0.4, -0.2) is 55.7 Å². The Morgan fingerprint density at radius 2 is 1.96 bits per heavy atom. The summed E-state index contributed by atoms with van der Waals surface area (Å²) >= 11 is 1.06. The average molecular weight is 373 g/mol. The summed E-state index contributed by atoms with van der Waals surface area (Å²) in [4.78, 5) is 25.4. The molecule has 9 heteroatoms. The number of hydrogen-bond donors (Lipinski definition) is 0. The van der Waals surface area contributed by atoms with Crippen molar-refractivity contribution < 1.29 is 14.0 Å². The SMILES string of the molecule is CC(=O)C(Sc1ccc2nnc(-c3cccc(F)c3)n2n1)C(=O)N(C)C. The van der Waals surface area contributed by atoms with Crippen LogP contribution in [0.3, 0.4) is 0 Å². The van der Waals surface area contributed by atoms with E-state index in [4.69, 9.17) is 0 Å². The fourth-order valence-corrected chi connectivity index (χ4v) is 3.30. The van der Waals surface area contributed by atoms with Crippen LogP contribution >= 0.6 is 11.8 Å². The largest absolute Gasteiger partial charge is 0.347 e. The number of benzene rings is 1. The summed E-state index contributed by atoms with van der Waals surface area (Å²) in [5, 5.41) is 12.1. The van der Waals surface area contributed by atoms with Gasteiger partial charge in [0.05, 0.1) is 0 Å². The summed E-state index contributed by atoms with van der Waals surface area (Å²) in [7, 11) is 3.19. The minimum absolute atomic E-state index is 0.260. The zero-order valence-electron chi connectivity index (χ0n) is 14.4. The molecule has 0 saturated carbocycles. The molecule has 1 unspecified atom stereocenters. The van der Waals surface area contributed by atoms with Gasteiger partial charge in [-0.15, -0.1) is 10.2 Å². The smallest absolute Gasteiger partial charge is 0.243 e. The van der Waals surface area contributed by atoms with Gasteiger partial charge < -0.3 is 4.90 Å². The Labute approximate surface area is 153 Å². The van der Waals surface area contributed by atoms with Crippen LogP contribution in [0, 0.1) is 5.82 Å². The van der Waals surface area contributed by atoms with Gasteiger partial charge in [-0.3, -0.25) is 9.59 Å². The molecular weight excluding hydrogens is 357 g/mol. The zero-order valence-corrected chi connectivity index (χ0v) is 15.2. The molecule has 1 amide bonds. The number of halogens is 1. The maximum atomic E-state index is 13.5. The van der Waals surface area contributed by atoms with Crippen molar-refractivity contribution in [3.05, 3.63) is 42.2 Å². The molecule has 7 nitrogen and oxygen atoms in total. The van der Waals surface area contributed by atoms with Crippen molar-refractivity contribution in [3.63, 3.8) is 0 Å². The molecule has 0 saturated heterocycles. The van der Waals surface area contributed by atoms with Crippen molar-refractivity contribution in [1.82, 2.24) is 24.7 Å². The number of hydrogen-bond acceptors (Lipinski definition) is 6. The van der Waals surface area contributed by atoms with Gasteiger partial charge in [-0.25, -0.2) is 4.39 Å². The van der Waals surface area contributed by atoms with Gasteiger partial charge in [-0.2, -0.15) is 9.61 Å². The van der Waals surface area contributed by atoms with Crippen LogP contribution < -0.4 is 0 Å². The first-order valence-electron chi connectivity index (χ1n) is 7.73. The Morgan fingerprint density at radius 1 is 1.19 bits per heavy atom. The van der Waals surface area contributed by atoms with E-state index in [0.29, 0.717) is 22.1 Å². The fraction of sp³-hybridized carbons (Fsp3) is 0.235. The number of fused-ring (bicyclic) bond motifs is 1. The molecule has 2 heterocycles. The predicted octanol–water partition coefficient (Wildman–Crippen LogP) is 2.07. The highest BCUT2D eigenvalue weighted by Crippen LogP contribution is 2.25. The molecule has 0 aliphatic heterocycles. The van der Waals surface area contributed by atoms with Crippen LogP contribution in [0.2, 0.25) is 0 Å². The minimum atomic E-state index is -0.885. The molecule has 0 aliphatic rings. The number of thioether (sulfide) groups is 1. The number of rotatable bonds is 5. The highest BCUT2D eigenvalue weighted by Gasteiger charge is 2.27. The second-order valence-corrected chi connectivity index (χ2v) is 6.94. The maximum Gasteiger partial charge on any atom is 0.243 e. The van der Waals surface area contributed by atoms with Crippen LogP contribution in [0.5, 0.6) is 0 Å². The lowest BCUT2D eigenvalue weighted by Gasteiger charge is -2.17. The number of ketones is 1. The number of Topliss-reactive ketones (excluding diaryl/α,β-unsaturated/α-hetero) is 1. The molecule has 0 fully saturated rings. The lowest BCUT2D eigenvalue weighted by molar-refractivity contribution is -0.132. The highest BCUT2D eigenvalue weighted by molar-refractivity contribution is 8.01. The van der Waals surface area contributed by atoms with Gasteiger partial charge in [-0.05, 0) is 31.2 Å². The topological polar surface area (TPSA) is 80.5 Å².